The van der Waals surface area contributed by atoms with Crippen molar-refractivity contribution >= 4 is 47.4 Å². The lowest BCUT2D eigenvalue weighted by molar-refractivity contribution is -0.151. The second-order valence-electron chi connectivity index (χ2n) is 10.3. The number of hydrogen-bond donors (Lipinski definition) is 4. The van der Waals surface area contributed by atoms with E-state index in [2.05, 4.69) is 30.9 Å². The van der Waals surface area contributed by atoms with Crippen LogP contribution in [0.5, 0.6) is 0 Å². The summed E-state index contributed by atoms with van der Waals surface area (Å²) in [6.07, 6.45) is 2.52. The summed E-state index contributed by atoms with van der Waals surface area (Å²) in [4.78, 5) is 56.9. The molecule has 0 saturated carbocycles. The lowest BCUT2D eigenvalue weighted by Gasteiger charge is -2.49. The SMILES string of the molecule is CC(C)(C)OC(=O)NC(C(=O)NC1C(=O)N2C(C(=O)O)=C(CSc3n[nH]c(-n4cccn4)n3)CS[C@H]12)c1ccccc1. The third-order valence-electron chi connectivity index (χ3n) is 6.15. The average Bonchev–Trinajstić information content (AvgIpc) is 3.65. The zero-order valence-electron chi connectivity index (χ0n) is 22.8. The van der Waals surface area contributed by atoms with Crippen molar-refractivity contribution in [3.63, 3.8) is 0 Å². The highest BCUT2D eigenvalue weighted by atomic mass is 32.2. The van der Waals surface area contributed by atoms with Gasteiger partial charge < -0.3 is 20.5 Å². The number of nitrogens with zero attached hydrogens (tertiary/aromatic N) is 5. The second kappa shape index (κ2) is 11.9. The highest BCUT2D eigenvalue weighted by molar-refractivity contribution is 8.01. The van der Waals surface area contributed by atoms with Crippen molar-refractivity contribution in [3.8, 4) is 5.95 Å². The Morgan fingerprint density at radius 2 is 2.00 bits per heavy atom. The van der Waals surface area contributed by atoms with Gasteiger partial charge in [-0.25, -0.2) is 19.4 Å². The van der Waals surface area contributed by atoms with Crippen LogP contribution < -0.4 is 10.6 Å². The molecule has 5 rings (SSSR count). The number of carbonyl (C=O) groups excluding carboxylic acids is 3. The first-order valence-corrected chi connectivity index (χ1v) is 14.9. The van der Waals surface area contributed by atoms with Crippen LogP contribution in [0.2, 0.25) is 0 Å². The van der Waals surface area contributed by atoms with Crippen LogP contribution in [-0.4, -0.2) is 87.4 Å². The molecule has 220 valence electrons. The second-order valence-corrected chi connectivity index (χ2v) is 12.4. The van der Waals surface area contributed by atoms with E-state index in [1.807, 2.05) is 0 Å². The monoisotopic (exact) mass is 612 g/mol. The van der Waals surface area contributed by atoms with Gasteiger partial charge in [0.1, 0.15) is 28.8 Å². The maximum atomic E-state index is 13.4. The summed E-state index contributed by atoms with van der Waals surface area (Å²) in [6, 6.07) is 8.20. The van der Waals surface area contributed by atoms with Crippen LogP contribution in [0, 0.1) is 0 Å². The quantitative estimate of drug-likeness (QED) is 0.205. The number of thioether (sulfide) groups is 2. The van der Waals surface area contributed by atoms with Crippen LogP contribution >= 0.6 is 23.5 Å². The zero-order valence-corrected chi connectivity index (χ0v) is 24.4. The molecule has 4 N–H and O–H groups in total. The Morgan fingerprint density at radius 3 is 2.67 bits per heavy atom. The summed E-state index contributed by atoms with van der Waals surface area (Å²) in [5.74, 6) is -1.43. The number of H-pyrrole nitrogens is 1. The molecule has 2 unspecified atom stereocenters. The zero-order chi connectivity index (χ0) is 30.0. The number of ether oxygens (including phenoxy) is 1. The molecule has 0 bridgehead atoms. The van der Waals surface area contributed by atoms with Crippen molar-refractivity contribution in [1.82, 2.24) is 40.5 Å². The molecule has 42 heavy (non-hydrogen) atoms. The fourth-order valence-electron chi connectivity index (χ4n) is 4.35. The number of benzene rings is 1. The van der Waals surface area contributed by atoms with E-state index >= 15 is 0 Å². The number of carbonyl (C=O) groups is 4. The number of carboxylic acids is 1. The summed E-state index contributed by atoms with van der Waals surface area (Å²) in [5.41, 5.74) is 0.131. The molecule has 0 aliphatic carbocycles. The van der Waals surface area contributed by atoms with E-state index in [1.54, 1.807) is 69.6 Å². The maximum Gasteiger partial charge on any atom is 0.408 e. The Morgan fingerprint density at radius 1 is 1.24 bits per heavy atom. The van der Waals surface area contributed by atoms with E-state index in [9.17, 15) is 24.3 Å². The molecule has 0 spiro atoms. The number of aliphatic carboxylic acids is 1. The number of aromatic amines is 1. The van der Waals surface area contributed by atoms with Crippen molar-refractivity contribution in [1.29, 1.82) is 0 Å². The predicted molar refractivity (Wildman–Crippen MR) is 152 cm³/mol. The molecule has 0 radical (unpaired) electrons. The number of amides is 3. The van der Waals surface area contributed by atoms with Gasteiger partial charge in [-0.2, -0.15) is 10.1 Å². The van der Waals surface area contributed by atoms with E-state index in [1.165, 1.54) is 33.1 Å². The highest BCUT2D eigenvalue weighted by Gasteiger charge is 2.54. The standard InChI is InChI=1S/C26H28N8O6S2/c1-26(2,3)40-25(39)29-16(14-8-5-4-6-9-14)19(35)28-17-20(36)34-18(22(37)38)15(12-41-21(17)34)13-42-24-30-23(31-32-24)33-11-7-10-27-33/h4-11,16-17,21H,12-13H2,1-3H3,(H,28,35)(H,29,39)(H,37,38)(H,30,31,32)/t16?,17?,21-/m1/s1. The number of carboxylic acid groups (broad SMARTS) is 1. The Bertz CT molecular complexity index is 1520. The third kappa shape index (κ3) is 6.28. The minimum absolute atomic E-state index is 0.115. The normalized spacial score (nSPS) is 19.0. The molecule has 2 aliphatic rings. The fraction of sp³-hybridized carbons (Fsp3) is 0.346. The number of alkyl carbamates (subject to hydrolysis) is 1. The van der Waals surface area contributed by atoms with Crippen LogP contribution in [0.1, 0.15) is 32.4 Å². The van der Waals surface area contributed by atoms with Crippen LogP contribution in [0.3, 0.4) is 0 Å². The van der Waals surface area contributed by atoms with Gasteiger partial charge in [-0.1, -0.05) is 42.1 Å². The summed E-state index contributed by atoms with van der Waals surface area (Å²) in [5, 5.41) is 26.1. The number of aromatic nitrogens is 5. The number of fused-ring (bicyclic) bond motifs is 1. The fourth-order valence-corrected chi connectivity index (χ4v) is 6.63. The topological polar surface area (TPSA) is 184 Å². The Hall–Kier alpha value is -4.31. The van der Waals surface area contributed by atoms with Gasteiger partial charge in [-0.15, -0.1) is 16.9 Å². The van der Waals surface area contributed by atoms with E-state index < -0.39 is 46.9 Å². The summed E-state index contributed by atoms with van der Waals surface area (Å²) >= 11 is 2.57. The minimum Gasteiger partial charge on any atom is -0.477 e. The predicted octanol–water partition coefficient (Wildman–Crippen LogP) is 2.09. The lowest BCUT2D eigenvalue weighted by Crippen LogP contribution is -2.71. The van der Waals surface area contributed by atoms with Gasteiger partial charge in [0.15, 0.2) is 0 Å². The summed E-state index contributed by atoms with van der Waals surface area (Å²) in [7, 11) is 0. The Balaban J connectivity index is 1.27. The first-order chi connectivity index (χ1) is 20.0. The van der Waals surface area contributed by atoms with Gasteiger partial charge in [-0.05, 0) is 38.0 Å². The van der Waals surface area contributed by atoms with Gasteiger partial charge in [-0.3, -0.25) is 14.5 Å². The molecule has 2 aliphatic heterocycles. The van der Waals surface area contributed by atoms with Gasteiger partial charge in [0.2, 0.25) is 17.0 Å². The van der Waals surface area contributed by atoms with Crippen LogP contribution in [0.15, 0.2) is 65.2 Å². The van der Waals surface area contributed by atoms with Crippen molar-refractivity contribution in [3.05, 3.63) is 65.6 Å². The highest BCUT2D eigenvalue weighted by Crippen LogP contribution is 2.41. The van der Waals surface area contributed by atoms with E-state index in [-0.39, 0.29) is 11.4 Å². The molecule has 1 aromatic carbocycles. The number of β-lactam (4-membered cyclic amide) rings is 1. The number of rotatable bonds is 9. The third-order valence-corrected chi connectivity index (χ3v) is 8.43. The molecule has 1 saturated heterocycles. The summed E-state index contributed by atoms with van der Waals surface area (Å²) < 4.78 is 6.83. The average molecular weight is 613 g/mol. The van der Waals surface area contributed by atoms with Crippen molar-refractivity contribution < 1.29 is 29.0 Å². The minimum atomic E-state index is -1.24. The first-order valence-electron chi connectivity index (χ1n) is 12.8. The van der Waals surface area contributed by atoms with Gasteiger partial charge in [0.25, 0.3) is 5.91 Å². The van der Waals surface area contributed by atoms with E-state index in [0.29, 0.717) is 28.0 Å². The molecule has 1 fully saturated rings. The van der Waals surface area contributed by atoms with Crippen LogP contribution in [0.25, 0.3) is 5.95 Å². The lowest BCUT2D eigenvalue weighted by atomic mass is 10.0. The summed E-state index contributed by atoms with van der Waals surface area (Å²) in [6.45, 7) is 5.11. The smallest absolute Gasteiger partial charge is 0.408 e. The van der Waals surface area contributed by atoms with Crippen LogP contribution in [-0.2, 0) is 19.1 Å². The Kier molecular flexibility index (Phi) is 8.27. The molecular weight excluding hydrogens is 584 g/mol. The largest absolute Gasteiger partial charge is 0.477 e. The van der Waals surface area contributed by atoms with Gasteiger partial charge in [0.05, 0.1) is 0 Å². The first kappa shape index (κ1) is 29.2. The number of hydrogen-bond acceptors (Lipinski definition) is 10. The van der Waals surface area contributed by atoms with Crippen molar-refractivity contribution in [2.24, 2.45) is 0 Å². The molecule has 3 amide bonds. The van der Waals surface area contributed by atoms with E-state index in [4.69, 9.17) is 4.74 Å². The molecule has 4 heterocycles. The van der Waals surface area contributed by atoms with E-state index in [0.717, 1.165) is 0 Å². The van der Waals surface area contributed by atoms with Crippen molar-refractivity contribution in [2.45, 2.75) is 49.0 Å². The molecular formula is C26H28N8O6S2. The van der Waals surface area contributed by atoms with Gasteiger partial charge in [0, 0.05) is 23.9 Å². The molecule has 2 aromatic heterocycles. The molecule has 16 heteroatoms. The number of nitrogens with one attached hydrogen (secondary N) is 3. The molecule has 3 aromatic rings. The van der Waals surface area contributed by atoms with Crippen molar-refractivity contribution in [2.75, 3.05) is 11.5 Å². The molecule has 3 atom stereocenters. The van der Waals surface area contributed by atoms with Gasteiger partial charge >= 0.3 is 12.1 Å². The maximum absolute atomic E-state index is 13.4. The Labute approximate surface area is 248 Å². The van der Waals surface area contributed by atoms with Crippen LogP contribution in [0.4, 0.5) is 4.79 Å². The molecule has 14 nitrogen and oxygen atoms in total.